The van der Waals surface area contributed by atoms with Gasteiger partial charge in [0, 0.05) is 73.0 Å². The van der Waals surface area contributed by atoms with Crippen molar-refractivity contribution in [2.75, 3.05) is 43.4 Å². The number of aromatic amines is 1. The van der Waals surface area contributed by atoms with E-state index in [1.165, 1.54) is 18.3 Å². The van der Waals surface area contributed by atoms with Crippen LogP contribution >= 0.6 is 0 Å². The molecule has 2 amide bonds. The molecule has 4 aromatic rings. The summed E-state index contributed by atoms with van der Waals surface area (Å²) in [4.78, 5) is 25.3. The molecule has 4 heterocycles. The van der Waals surface area contributed by atoms with Crippen molar-refractivity contribution in [2.45, 2.75) is 26.6 Å². The number of nitrogens with one attached hydrogen (secondary N) is 3. The van der Waals surface area contributed by atoms with Crippen LogP contribution in [0.15, 0.2) is 48.8 Å². The Morgan fingerprint density at radius 2 is 1.76 bits per heavy atom. The Balaban J connectivity index is 1.24. The van der Waals surface area contributed by atoms with E-state index in [1.54, 1.807) is 18.3 Å². The summed E-state index contributed by atoms with van der Waals surface area (Å²) >= 11 is 0. The van der Waals surface area contributed by atoms with Crippen LogP contribution in [-0.4, -0.2) is 68.7 Å². The standard InChI is InChI=1S/C29H29F3N8O/c1-3-39-10-12-40(13-11-39)18-22-6-7-23(16-25(22)29(30,31)32)35-28(41)36-26-15-20(8-9-33-26)4-5-21-14-24-19(2)37-38-27(24)34-17-21/h6-9,14-17H,3,10-13,18H2,1-2H3,(H,34,37,38)(H2,33,35,36,41). The second kappa shape index (κ2) is 12.0. The van der Waals surface area contributed by atoms with Crippen LogP contribution in [0.5, 0.6) is 0 Å². The number of carbonyl (C=O) groups is 1. The number of fused-ring (bicyclic) bond motifs is 1. The average Bonchev–Trinajstić information content (AvgIpc) is 3.32. The number of H-pyrrole nitrogens is 1. The second-order valence-corrected chi connectivity index (χ2v) is 9.78. The summed E-state index contributed by atoms with van der Waals surface area (Å²) in [5.74, 6) is 6.24. The van der Waals surface area contributed by atoms with E-state index >= 15 is 0 Å². The predicted octanol–water partition coefficient (Wildman–Crippen LogP) is 4.86. The molecule has 1 saturated heterocycles. The number of carbonyl (C=O) groups excluding carboxylic acids is 1. The summed E-state index contributed by atoms with van der Waals surface area (Å²) in [7, 11) is 0. The highest BCUT2D eigenvalue weighted by Crippen LogP contribution is 2.34. The zero-order valence-electron chi connectivity index (χ0n) is 22.6. The molecule has 0 bridgehead atoms. The number of benzene rings is 1. The van der Waals surface area contributed by atoms with Crippen LogP contribution in [0.1, 0.15) is 34.9 Å². The van der Waals surface area contributed by atoms with Crippen LogP contribution in [0.3, 0.4) is 0 Å². The van der Waals surface area contributed by atoms with E-state index in [2.05, 4.69) is 54.5 Å². The molecule has 0 saturated carbocycles. The smallest absolute Gasteiger partial charge is 0.308 e. The number of hydrogen-bond acceptors (Lipinski definition) is 6. The average molecular weight is 563 g/mol. The van der Waals surface area contributed by atoms with Crippen molar-refractivity contribution >= 4 is 28.6 Å². The number of urea groups is 1. The Morgan fingerprint density at radius 3 is 2.51 bits per heavy atom. The second-order valence-electron chi connectivity index (χ2n) is 9.78. The molecule has 1 aromatic carbocycles. The lowest BCUT2D eigenvalue weighted by atomic mass is 10.0. The van der Waals surface area contributed by atoms with Crippen LogP contribution in [0.2, 0.25) is 0 Å². The van der Waals surface area contributed by atoms with E-state index in [4.69, 9.17) is 0 Å². The Labute approximate surface area is 235 Å². The number of nitrogens with zero attached hydrogens (tertiary/aromatic N) is 5. The summed E-state index contributed by atoms with van der Waals surface area (Å²) in [6, 6.07) is 8.30. The van der Waals surface area contributed by atoms with Gasteiger partial charge in [-0.1, -0.05) is 24.8 Å². The molecule has 212 valence electrons. The first-order valence-electron chi connectivity index (χ1n) is 13.2. The zero-order valence-corrected chi connectivity index (χ0v) is 22.6. The maximum Gasteiger partial charge on any atom is 0.416 e. The van der Waals surface area contributed by atoms with Crippen LogP contribution in [0.4, 0.5) is 29.5 Å². The lowest BCUT2D eigenvalue weighted by Gasteiger charge is -2.34. The molecule has 3 N–H and O–H groups in total. The number of halogens is 3. The topological polar surface area (TPSA) is 102 Å². The van der Waals surface area contributed by atoms with Crippen molar-refractivity contribution in [3.05, 3.63) is 76.7 Å². The van der Waals surface area contributed by atoms with Gasteiger partial charge in [-0.2, -0.15) is 18.3 Å². The van der Waals surface area contributed by atoms with Crippen molar-refractivity contribution < 1.29 is 18.0 Å². The SMILES string of the molecule is CCN1CCN(Cc2ccc(NC(=O)Nc3cc(C#Cc4cnc5n[nH]c(C)c5c4)ccn3)cc2C(F)(F)F)CC1. The van der Waals surface area contributed by atoms with Crippen LogP contribution in [0, 0.1) is 18.8 Å². The van der Waals surface area contributed by atoms with Crippen molar-refractivity contribution in [1.82, 2.24) is 30.0 Å². The number of anilines is 2. The van der Waals surface area contributed by atoms with E-state index in [-0.39, 0.29) is 23.6 Å². The highest BCUT2D eigenvalue weighted by atomic mass is 19.4. The van der Waals surface area contributed by atoms with Crippen LogP contribution in [-0.2, 0) is 12.7 Å². The Hall–Kier alpha value is -4.47. The summed E-state index contributed by atoms with van der Waals surface area (Å²) < 4.78 is 41.7. The molecule has 12 heteroatoms. The van der Waals surface area contributed by atoms with Gasteiger partial charge in [0.25, 0.3) is 0 Å². The summed E-state index contributed by atoms with van der Waals surface area (Å²) in [6.07, 6.45) is -1.45. The molecular weight excluding hydrogens is 533 g/mol. The van der Waals surface area contributed by atoms with E-state index in [9.17, 15) is 18.0 Å². The zero-order chi connectivity index (χ0) is 29.0. The molecule has 1 aliphatic rings. The van der Waals surface area contributed by atoms with Crippen molar-refractivity contribution in [2.24, 2.45) is 0 Å². The molecule has 0 unspecified atom stereocenters. The van der Waals surface area contributed by atoms with Crippen LogP contribution < -0.4 is 10.6 Å². The third kappa shape index (κ3) is 7.00. The Bertz CT molecular complexity index is 1610. The highest BCUT2D eigenvalue weighted by molar-refractivity contribution is 5.99. The molecular formula is C29H29F3N8O. The lowest BCUT2D eigenvalue weighted by Crippen LogP contribution is -2.45. The molecule has 0 atom stereocenters. The minimum absolute atomic E-state index is 0.0303. The molecule has 0 spiro atoms. The van der Waals surface area contributed by atoms with Gasteiger partial charge in [0.15, 0.2) is 5.65 Å². The fourth-order valence-corrected chi connectivity index (χ4v) is 4.65. The number of likely N-dealkylation sites (N-methyl/N-ethyl adjacent to an activating group) is 1. The first kappa shape index (κ1) is 28.1. The molecule has 41 heavy (non-hydrogen) atoms. The number of aryl methyl sites for hydroxylation is 1. The van der Waals surface area contributed by atoms with Gasteiger partial charge in [0.1, 0.15) is 5.82 Å². The summed E-state index contributed by atoms with van der Waals surface area (Å²) in [5, 5.41) is 12.9. The van der Waals surface area contributed by atoms with Crippen molar-refractivity contribution in [3.8, 4) is 11.8 Å². The monoisotopic (exact) mass is 562 g/mol. The van der Waals surface area contributed by atoms with Gasteiger partial charge in [-0.25, -0.2) is 14.8 Å². The fourth-order valence-electron chi connectivity index (χ4n) is 4.65. The van der Waals surface area contributed by atoms with Crippen molar-refractivity contribution in [1.29, 1.82) is 0 Å². The van der Waals surface area contributed by atoms with Gasteiger partial charge in [-0.05, 0) is 49.4 Å². The number of aromatic nitrogens is 4. The number of pyridine rings is 2. The molecule has 1 aliphatic heterocycles. The van der Waals surface area contributed by atoms with Gasteiger partial charge >= 0.3 is 12.2 Å². The maximum absolute atomic E-state index is 13.9. The number of amides is 2. The first-order chi connectivity index (χ1) is 19.7. The number of hydrogen-bond donors (Lipinski definition) is 3. The third-order valence-corrected chi connectivity index (χ3v) is 6.93. The third-order valence-electron chi connectivity index (χ3n) is 6.93. The Kier molecular flexibility index (Phi) is 8.19. The number of rotatable bonds is 5. The minimum Gasteiger partial charge on any atom is -0.308 e. The number of piperazine rings is 1. The Morgan fingerprint density at radius 1 is 1.00 bits per heavy atom. The molecule has 3 aromatic heterocycles. The summed E-state index contributed by atoms with van der Waals surface area (Å²) in [5.41, 5.74) is 2.22. The van der Waals surface area contributed by atoms with E-state index < -0.39 is 17.8 Å². The quantitative estimate of drug-likeness (QED) is 0.300. The fraction of sp³-hybridized carbons (Fsp3) is 0.310. The molecule has 1 fully saturated rings. The van der Waals surface area contributed by atoms with Gasteiger partial charge in [-0.3, -0.25) is 15.3 Å². The lowest BCUT2D eigenvalue weighted by molar-refractivity contribution is -0.138. The summed E-state index contributed by atoms with van der Waals surface area (Å²) in [6.45, 7) is 8.17. The molecule has 9 nitrogen and oxygen atoms in total. The largest absolute Gasteiger partial charge is 0.416 e. The van der Waals surface area contributed by atoms with E-state index in [0.717, 1.165) is 36.8 Å². The molecule has 0 aliphatic carbocycles. The molecule has 0 radical (unpaired) electrons. The predicted molar refractivity (Wildman–Crippen MR) is 150 cm³/mol. The minimum atomic E-state index is -4.56. The van der Waals surface area contributed by atoms with E-state index in [1.807, 2.05) is 17.9 Å². The van der Waals surface area contributed by atoms with Crippen LogP contribution in [0.25, 0.3) is 11.0 Å². The van der Waals surface area contributed by atoms with E-state index in [0.29, 0.717) is 29.9 Å². The number of alkyl halides is 3. The first-order valence-corrected chi connectivity index (χ1v) is 13.2. The van der Waals surface area contributed by atoms with Gasteiger partial charge < -0.3 is 10.2 Å². The van der Waals surface area contributed by atoms with Gasteiger partial charge in [0.05, 0.1) is 5.56 Å². The van der Waals surface area contributed by atoms with Gasteiger partial charge in [0.2, 0.25) is 0 Å². The van der Waals surface area contributed by atoms with Crippen molar-refractivity contribution in [3.63, 3.8) is 0 Å². The normalized spacial score (nSPS) is 14.5. The maximum atomic E-state index is 13.9. The molecule has 5 rings (SSSR count). The van der Waals surface area contributed by atoms with Gasteiger partial charge in [-0.15, -0.1) is 0 Å². The highest BCUT2D eigenvalue weighted by Gasteiger charge is 2.34.